The monoisotopic (exact) mass is 518 g/mol. The van der Waals surface area contributed by atoms with Crippen LogP contribution in [0.4, 0.5) is 18.0 Å². The SMILES string of the molecule is COC(=O)NC1(c2ccc3c(-c4ccc(OC)c(OC(F)F)c4C(=O)N[C@@H]4C[C@@H]4F)cnn3c2)CCC1. The van der Waals surface area contributed by atoms with Gasteiger partial charge in [0.25, 0.3) is 5.91 Å². The van der Waals surface area contributed by atoms with Crippen molar-refractivity contribution in [1.29, 1.82) is 0 Å². The van der Waals surface area contributed by atoms with E-state index >= 15 is 0 Å². The van der Waals surface area contributed by atoms with Crippen molar-refractivity contribution in [3.63, 3.8) is 0 Å². The van der Waals surface area contributed by atoms with Crippen LogP contribution in [-0.2, 0) is 10.3 Å². The highest BCUT2D eigenvalue weighted by atomic mass is 19.3. The molecule has 0 bridgehead atoms. The van der Waals surface area contributed by atoms with Crippen LogP contribution < -0.4 is 20.1 Å². The van der Waals surface area contributed by atoms with Gasteiger partial charge in [-0.05, 0) is 43.0 Å². The molecule has 196 valence electrons. The molecule has 37 heavy (non-hydrogen) atoms. The second-order valence-electron chi connectivity index (χ2n) is 9.09. The van der Waals surface area contributed by atoms with Crippen LogP contribution in [-0.4, -0.2) is 54.7 Å². The summed E-state index contributed by atoms with van der Waals surface area (Å²) in [5.41, 5.74) is 1.34. The lowest BCUT2D eigenvalue weighted by molar-refractivity contribution is -0.0515. The Morgan fingerprint density at radius 3 is 2.51 bits per heavy atom. The van der Waals surface area contributed by atoms with Gasteiger partial charge in [-0.25, -0.2) is 13.7 Å². The third-order valence-electron chi connectivity index (χ3n) is 6.90. The highest BCUT2D eigenvalue weighted by Gasteiger charge is 2.42. The molecular weight excluding hydrogens is 493 g/mol. The molecule has 3 aromatic rings. The number of carbonyl (C=O) groups is 2. The predicted octanol–water partition coefficient (Wildman–Crippen LogP) is 4.19. The zero-order valence-electron chi connectivity index (χ0n) is 20.1. The van der Waals surface area contributed by atoms with Crippen molar-refractivity contribution >= 4 is 17.5 Å². The molecule has 2 aliphatic carbocycles. The molecule has 2 fully saturated rings. The largest absolute Gasteiger partial charge is 0.493 e. The Morgan fingerprint density at radius 2 is 1.92 bits per heavy atom. The lowest BCUT2D eigenvalue weighted by Crippen LogP contribution is -2.50. The summed E-state index contributed by atoms with van der Waals surface area (Å²) in [6.07, 6.45) is 4.09. The van der Waals surface area contributed by atoms with E-state index in [1.54, 1.807) is 22.8 Å². The Balaban J connectivity index is 1.59. The summed E-state index contributed by atoms with van der Waals surface area (Å²) < 4.78 is 56.4. The third-order valence-corrected chi connectivity index (χ3v) is 6.90. The fourth-order valence-corrected chi connectivity index (χ4v) is 4.67. The van der Waals surface area contributed by atoms with Crippen molar-refractivity contribution < 1.29 is 37.0 Å². The molecule has 1 aromatic carbocycles. The van der Waals surface area contributed by atoms with Crippen molar-refractivity contribution in [2.24, 2.45) is 0 Å². The molecule has 2 aliphatic rings. The number of hydrogen-bond donors (Lipinski definition) is 2. The number of aromatic nitrogens is 2. The quantitative estimate of drug-likeness (QED) is 0.464. The standard InChI is InChI=1S/C25H25F3N4O5/c1-35-19-7-5-14(20(21(19)37-23(27)28)22(33)30-17-10-16(17)26)15-11-29-32-12-13(4-6-18(15)32)25(8-3-9-25)31-24(34)36-2/h4-7,11-12,16-17,23H,3,8-10H2,1-2H3,(H,30,33)(H,31,34)/t16-,17+/m0/s1. The van der Waals surface area contributed by atoms with E-state index < -0.39 is 42.1 Å². The summed E-state index contributed by atoms with van der Waals surface area (Å²) in [6, 6.07) is 5.88. The van der Waals surface area contributed by atoms with Gasteiger partial charge < -0.3 is 24.8 Å². The highest BCUT2D eigenvalue weighted by molar-refractivity contribution is 6.06. The van der Waals surface area contributed by atoms with Gasteiger partial charge in [0.15, 0.2) is 11.5 Å². The number of carbonyl (C=O) groups excluding carboxylic acids is 2. The van der Waals surface area contributed by atoms with Crippen LogP contribution in [0.25, 0.3) is 16.6 Å². The molecule has 5 rings (SSSR count). The minimum atomic E-state index is -3.22. The van der Waals surface area contributed by atoms with Crippen LogP contribution in [0.1, 0.15) is 41.6 Å². The molecule has 2 saturated carbocycles. The molecule has 2 atom stereocenters. The molecule has 2 heterocycles. The van der Waals surface area contributed by atoms with Crippen LogP contribution in [0.2, 0.25) is 0 Å². The Bertz CT molecular complexity index is 1360. The van der Waals surface area contributed by atoms with Gasteiger partial charge >= 0.3 is 12.7 Å². The topological polar surface area (TPSA) is 103 Å². The Kier molecular flexibility index (Phi) is 6.34. The molecule has 0 radical (unpaired) electrons. The van der Waals surface area contributed by atoms with Crippen molar-refractivity contribution in [3.05, 3.63) is 47.8 Å². The van der Waals surface area contributed by atoms with Gasteiger partial charge in [0.2, 0.25) is 0 Å². The molecule has 0 unspecified atom stereocenters. The summed E-state index contributed by atoms with van der Waals surface area (Å²) in [7, 11) is 2.57. The highest BCUT2D eigenvalue weighted by Crippen LogP contribution is 2.43. The number of hydrogen-bond acceptors (Lipinski definition) is 6. The molecule has 0 spiro atoms. The third kappa shape index (κ3) is 4.51. The lowest BCUT2D eigenvalue weighted by atomic mass is 9.72. The Morgan fingerprint density at radius 1 is 1.16 bits per heavy atom. The van der Waals surface area contributed by atoms with Gasteiger partial charge in [-0.15, -0.1) is 0 Å². The minimum absolute atomic E-state index is 0.0682. The number of methoxy groups -OCH3 is 2. The maximum absolute atomic E-state index is 13.5. The normalized spacial score (nSPS) is 19.7. The molecule has 2 N–H and O–H groups in total. The van der Waals surface area contributed by atoms with E-state index in [2.05, 4.69) is 15.7 Å². The van der Waals surface area contributed by atoms with Crippen molar-refractivity contribution in [1.82, 2.24) is 20.2 Å². The van der Waals surface area contributed by atoms with Crippen molar-refractivity contribution in [2.45, 2.75) is 50.0 Å². The zero-order chi connectivity index (χ0) is 26.3. The summed E-state index contributed by atoms with van der Waals surface area (Å²) in [6.45, 7) is -3.22. The van der Waals surface area contributed by atoms with Crippen LogP contribution in [0.15, 0.2) is 36.7 Å². The number of pyridine rings is 1. The van der Waals surface area contributed by atoms with Crippen LogP contribution in [0, 0.1) is 0 Å². The van der Waals surface area contributed by atoms with E-state index in [0.29, 0.717) is 11.1 Å². The summed E-state index contributed by atoms with van der Waals surface area (Å²) in [5, 5.41) is 9.84. The fourth-order valence-electron chi connectivity index (χ4n) is 4.67. The van der Waals surface area contributed by atoms with Gasteiger partial charge in [0.05, 0.1) is 43.1 Å². The predicted molar refractivity (Wildman–Crippen MR) is 126 cm³/mol. The smallest absolute Gasteiger partial charge is 0.407 e. The second kappa shape index (κ2) is 9.49. The number of nitrogens with zero attached hydrogens (tertiary/aromatic N) is 2. The Hall–Kier alpha value is -3.96. The molecule has 9 nitrogen and oxygen atoms in total. The first-order chi connectivity index (χ1) is 17.8. The average Bonchev–Trinajstić information content (AvgIpc) is 3.37. The first kappa shape index (κ1) is 24.7. The van der Waals surface area contributed by atoms with E-state index in [-0.39, 0.29) is 23.3 Å². The number of rotatable bonds is 8. The van der Waals surface area contributed by atoms with E-state index in [4.69, 9.17) is 14.2 Å². The molecule has 12 heteroatoms. The van der Waals surface area contributed by atoms with E-state index in [9.17, 15) is 22.8 Å². The first-order valence-electron chi connectivity index (χ1n) is 11.7. The lowest BCUT2D eigenvalue weighted by Gasteiger charge is -2.42. The Labute approximate surface area is 209 Å². The summed E-state index contributed by atoms with van der Waals surface area (Å²) in [5.74, 6) is -1.28. The second-order valence-corrected chi connectivity index (χ2v) is 9.09. The summed E-state index contributed by atoms with van der Waals surface area (Å²) >= 11 is 0. The van der Waals surface area contributed by atoms with Gasteiger partial charge in [0.1, 0.15) is 6.17 Å². The fraction of sp³-hybridized carbons (Fsp3) is 0.400. The maximum atomic E-state index is 13.5. The minimum Gasteiger partial charge on any atom is -0.493 e. The van der Waals surface area contributed by atoms with Crippen molar-refractivity contribution in [2.75, 3.05) is 14.2 Å². The first-order valence-corrected chi connectivity index (χ1v) is 11.7. The average molecular weight is 518 g/mol. The number of fused-ring (bicyclic) bond motifs is 1. The van der Waals surface area contributed by atoms with Crippen LogP contribution >= 0.6 is 0 Å². The van der Waals surface area contributed by atoms with E-state index in [0.717, 1.165) is 24.8 Å². The number of halogens is 3. The van der Waals surface area contributed by atoms with E-state index in [1.807, 2.05) is 6.07 Å². The molecule has 2 aromatic heterocycles. The van der Waals surface area contributed by atoms with Gasteiger partial charge in [-0.2, -0.15) is 13.9 Å². The number of ether oxygens (including phenoxy) is 3. The van der Waals surface area contributed by atoms with Crippen LogP contribution in [0.5, 0.6) is 11.5 Å². The molecular formula is C25H25F3N4O5. The number of alkyl halides is 3. The van der Waals surface area contributed by atoms with Crippen molar-refractivity contribution in [3.8, 4) is 22.6 Å². The van der Waals surface area contributed by atoms with Gasteiger partial charge in [-0.1, -0.05) is 6.07 Å². The number of nitrogens with one attached hydrogen (secondary N) is 2. The number of amides is 2. The van der Waals surface area contributed by atoms with Gasteiger partial charge in [0, 0.05) is 23.7 Å². The number of alkyl carbamates (subject to hydrolysis) is 1. The van der Waals surface area contributed by atoms with E-state index in [1.165, 1.54) is 26.5 Å². The molecule has 0 saturated heterocycles. The van der Waals surface area contributed by atoms with Gasteiger partial charge in [-0.3, -0.25) is 4.79 Å². The van der Waals surface area contributed by atoms with Crippen LogP contribution in [0.3, 0.4) is 0 Å². The zero-order valence-corrected chi connectivity index (χ0v) is 20.1. The molecule has 0 aliphatic heterocycles. The maximum Gasteiger partial charge on any atom is 0.407 e. The number of benzene rings is 1. The molecule has 2 amide bonds. The summed E-state index contributed by atoms with van der Waals surface area (Å²) in [4.78, 5) is 25.1.